The Balaban J connectivity index is 1.66. The van der Waals surface area contributed by atoms with Crippen LogP contribution >= 0.6 is 0 Å². The molecule has 1 amide bonds. The molecule has 0 radical (unpaired) electrons. The number of amides is 1. The summed E-state index contributed by atoms with van der Waals surface area (Å²) in [5, 5.41) is 0. The van der Waals surface area contributed by atoms with Gasteiger partial charge in [0.1, 0.15) is 5.69 Å². The molecular weight excluding hydrogens is 240 g/mol. The third-order valence-corrected chi connectivity index (χ3v) is 4.23. The predicted molar refractivity (Wildman–Crippen MR) is 72.9 cm³/mol. The molecular formula is C14H22N4O. The van der Waals surface area contributed by atoms with E-state index in [2.05, 4.69) is 9.88 Å². The minimum atomic E-state index is 0.0993. The van der Waals surface area contributed by atoms with Crippen molar-refractivity contribution in [1.29, 1.82) is 0 Å². The topological polar surface area (TPSA) is 41.4 Å². The van der Waals surface area contributed by atoms with Crippen LogP contribution in [0.15, 0.2) is 12.5 Å². The van der Waals surface area contributed by atoms with Crippen molar-refractivity contribution in [1.82, 2.24) is 19.4 Å². The van der Waals surface area contributed by atoms with Gasteiger partial charge < -0.3 is 14.4 Å². The predicted octanol–water partition coefficient (Wildman–Crippen LogP) is 1.12. The first-order valence-corrected chi connectivity index (χ1v) is 7.25. The lowest BCUT2D eigenvalue weighted by Crippen LogP contribution is -2.42. The Labute approximate surface area is 114 Å². The van der Waals surface area contributed by atoms with E-state index in [0.717, 1.165) is 25.9 Å². The van der Waals surface area contributed by atoms with Crippen LogP contribution in [0.4, 0.5) is 0 Å². The van der Waals surface area contributed by atoms with Crippen molar-refractivity contribution >= 4 is 5.91 Å². The molecule has 3 rings (SSSR count). The van der Waals surface area contributed by atoms with E-state index in [4.69, 9.17) is 0 Å². The maximum atomic E-state index is 12.5. The van der Waals surface area contributed by atoms with Gasteiger partial charge in [-0.15, -0.1) is 0 Å². The molecule has 0 spiro atoms. The van der Waals surface area contributed by atoms with Crippen LogP contribution in [0.3, 0.4) is 0 Å². The van der Waals surface area contributed by atoms with E-state index < -0.39 is 0 Å². The van der Waals surface area contributed by atoms with E-state index in [0.29, 0.717) is 11.7 Å². The van der Waals surface area contributed by atoms with Gasteiger partial charge in [0.05, 0.1) is 6.33 Å². The average molecular weight is 262 g/mol. The van der Waals surface area contributed by atoms with Gasteiger partial charge in [-0.2, -0.15) is 0 Å². The first-order chi connectivity index (χ1) is 9.24. The van der Waals surface area contributed by atoms with Crippen LogP contribution in [-0.4, -0.2) is 57.5 Å². The lowest BCUT2D eigenvalue weighted by molar-refractivity contribution is 0.0703. The summed E-state index contributed by atoms with van der Waals surface area (Å²) in [5.74, 6) is 0.0993. The highest BCUT2D eigenvalue weighted by atomic mass is 16.2. The number of aryl methyl sites for hydroxylation is 1. The first-order valence-electron chi connectivity index (χ1n) is 7.25. The van der Waals surface area contributed by atoms with Gasteiger partial charge in [-0.05, 0) is 38.8 Å². The van der Waals surface area contributed by atoms with Gasteiger partial charge in [0.2, 0.25) is 0 Å². The fourth-order valence-electron chi connectivity index (χ4n) is 3.23. The molecule has 2 fully saturated rings. The summed E-state index contributed by atoms with van der Waals surface area (Å²) in [6.45, 7) is 4.32. The Morgan fingerprint density at radius 3 is 2.79 bits per heavy atom. The third-order valence-electron chi connectivity index (χ3n) is 4.23. The standard InChI is InChI=1S/C14H22N4O/c1-16-10-13(15-11-16)14(19)18-8-4-5-12(18)9-17-6-2-3-7-17/h10-12H,2-9H2,1H3. The van der Waals surface area contributed by atoms with Crippen LogP contribution < -0.4 is 0 Å². The Kier molecular flexibility index (Phi) is 3.55. The molecule has 0 saturated carbocycles. The maximum absolute atomic E-state index is 12.5. The summed E-state index contributed by atoms with van der Waals surface area (Å²) in [6, 6.07) is 0.382. The second-order valence-electron chi connectivity index (χ2n) is 5.73. The van der Waals surface area contributed by atoms with E-state index in [-0.39, 0.29) is 5.91 Å². The summed E-state index contributed by atoms with van der Waals surface area (Å²) in [5.41, 5.74) is 0.579. The summed E-state index contributed by atoms with van der Waals surface area (Å²) in [7, 11) is 1.90. The molecule has 19 heavy (non-hydrogen) atoms. The van der Waals surface area contributed by atoms with E-state index in [1.807, 2.05) is 22.7 Å². The largest absolute Gasteiger partial charge is 0.340 e. The van der Waals surface area contributed by atoms with E-state index >= 15 is 0 Å². The smallest absolute Gasteiger partial charge is 0.274 e. The van der Waals surface area contributed by atoms with Crippen LogP contribution in [-0.2, 0) is 7.05 Å². The maximum Gasteiger partial charge on any atom is 0.274 e. The zero-order valence-electron chi connectivity index (χ0n) is 11.6. The number of carbonyl (C=O) groups is 1. The minimum absolute atomic E-state index is 0.0993. The zero-order chi connectivity index (χ0) is 13.2. The molecule has 0 bridgehead atoms. The molecule has 1 aromatic heterocycles. The Bertz CT molecular complexity index is 450. The molecule has 2 aliphatic heterocycles. The SMILES string of the molecule is Cn1cnc(C(=O)N2CCCC2CN2CCCC2)c1. The lowest BCUT2D eigenvalue weighted by atomic mass is 10.2. The number of rotatable bonds is 3. The Morgan fingerprint density at radius 1 is 1.32 bits per heavy atom. The Hall–Kier alpha value is -1.36. The summed E-state index contributed by atoms with van der Waals surface area (Å²) in [6.07, 6.45) is 8.38. The molecule has 2 aliphatic rings. The van der Waals surface area contributed by atoms with Crippen LogP contribution in [0.2, 0.25) is 0 Å². The number of imidazole rings is 1. The molecule has 5 heteroatoms. The number of hydrogen-bond acceptors (Lipinski definition) is 3. The van der Waals surface area contributed by atoms with Crippen LogP contribution in [0.1, 0.15) is 36.2 Å². The second-order valence-corrected chi connectivity index (χ2v) is 5.73. The molecule has 2 saturated heterocycles. The second kappa shape index (κ2) is 5.33. The fourth-order valence-corrected chi connectivity index (χ4v) is 3.23. The molecule has 0 N–H and O–H groups in total. The number of hydrogen-bond donors (Lipinski definition) is 0. The number of likely N-dealkylation sites (tertiary alicyclic amines) is 2. The van der Waals surface area contributed by atoms with E-state index in [1.54, 1.807) is 6.33 Å². The molecule has 5 nitrogen and oxygen atoms in total. The molecule has 1 atom stereocenters. The highest BCUT2D eigenvalue weighted by molar-refractivity contribution is 5.92. The van der Waals surface area contributed by atoms with Crippen molar-refractivity contribution in [3.8, 4) is 0 Å². The number of carbonyl (C=O) groups excluding carboxylic acids is 1. The van der Waals surface area contributed by atoms with Crippen molar-refractivity contribution in [2.24, 2.45) is 7.05 Å². The van der Waals surface area contributed by atoms with Crippen LogP contribution in [0.25, 0.3) is 0 Å². The average Bonchev–Trinajstić information content (AvgIpc) is 3.10. The quantitative estimate of drug-likeness (QED) is 0.819. The molecule has 1 unspecified atom stereocenters. The molecule has 0 aliphatic carbocycles. The normalized spacial score (nSPS) is 24.3. The van der Waals surface area contributed by atoms with Crippen LogP contribution in [0.5, 0.6) is 0 Å². The minimum Gasteiger partial charge on any atom is -0.340 e. The van der Waals surface area contributed by atoms with Crippen LogP contribution in [0, 0.1) is 0 Å². The third kappa shape index (κ3) is 2.66. The summed E-state index contributed by atoms with van der Waals surface area (Å²) in [4.78, 5) is 21.2. The van der Waals surface area contributed by atoms with Gasteiger partial charge in [-0.1, -0.05) is 0 Å². The summed E-state index contributed by atoms with van der Waals surface area (Å²) < 4.78 is 1.83. The molecule has 1 aromatic rings. The van der Waals surface area contributed by atoms with Crippen molar-refractivity contribution < 1.29 is 4.79 Å². The highest BCUT2D eigenvalue weighted by Gasteiger charge is 2.32. The highest BCUT2D eigenvalue weighted by Crippen LogP contribution is 2.22. The van der Waals surface area contributed by atoms with E-state index in [1.165, 1.54) is 25.9 Å². The van der Waals surface area contributed by atoms with Gasteiger partial charge in [-0.3, -0.25) is 4.79 Å². The number of nitrogens with zero attached hydrogens (tertiary/aromatic N) is 4. The van der Waals surface area contributed by atoms with Gasteiger partial charge in [0.15, 0.2) is 0 Å². The van der Waals surface area contributed by atoms with Crippen molar-refractivity contribution in [3.63, 3.8) is 0 Å². The first kappa shape index (κ1) is 12.7. The van der Waals surface area contributed by atoms with Crippen molar-refractivity contribution in [2.75, 3.05) is 26.2 Å². The zero-order valence-corrected chi connectivity index (χ0v) is 11.6. The molecule has 3 heterocycles. The van der Waals surface area contributed by atoms with Crippen molar-refractivity contribution in [2.45, 2.75) is 31.7 Å². The van der Waals surface area contributed by atoms with E-state index in [9.17, 15) is 4.79 Å². The van der Waals surface area contributed by atoms with Gasteiger partial charge >= 0.3 is 0 Å². The monoisotopic (exact) mass is 262 g/mol. The Morgan fingerprint density at radius 2 is 2.11 bits per heavy atom. The van der Waals surface area contributed by atoms with Gasteiger partial charge in [-0.25, -0.2) is 4.98 Å². The van der Waals surface area contributed by atoms with Gasteiger partial charge in [0.25, 0.3) is 5.91 Å². The van der Waals surface area contributed by atoms with Gasteiger partial charge in [0, 0.05) is 32.4 Å². The fraction of sp³-hybridized carbons (Fsp3) is 0.714. The molecule has 104 valence electrons. The summed E-state index contributed by atoms with van der Waals surface area (Å²) >= 11 is 0. The van der Waals surface area contributed by atoms with Crippen molar-refractivity contribution in [3.05, 3.63) is 18.2 Å². The number of aromatic nitrogens is 2. The molecule has 0 aromatic carbocycles. The lowest BCUT2D eigenvalue weighted by Gasteiger charge is -2.28.